The first kappa shape index (κ1) is 21.9. The third kappa shape index (κ3) is 6.36. The van der Waals surface area contributed by atoms with E-state index in [1.165, 1.54) is 30.1 Å². The molecule has 0 unspecified atom stereocenters. The minimum Gasteiger partial charge on any atom is -0.494 e. The van der Waals surface area contributed by atoms with Crippen molar-refractivity contribution in [3.8, 4) is 17.1 Å². The zero-order chi connectivity index (χ0) is 22.2. The van der Waals surface area contributed by atoms with Crippen molar-refractivity contribution in [1.82, 2.24) is 15.0 Å². The number of benzene rings is 2. The molecule has 162 valence electrons. The topological polar surface area (TPSA) is 97.6 Å². The largest absolute Gasteiger partial charge is 0.494 e. The second-order valence-corrected chi connectivity index (χ2v) is 6.78. The van der Waals surface area contributed by atoms with Gasteiger partial charge >= 0.3 is 0 Å². The summed E-state index contributed by atoms with van der Waals surface area (Å²) in [6, 6.07) is 12.9. The van der Waals surface area contributed by atoms with Gasteiger partial charge in [0.1, 0.15) is 11.6 Å². The smallest absolute Gasteiger partial charge is 0.243 e. The average molecular weight is 426 g/mol. The molecule has 3 rings (SSSR count). The van der Waals surface area contributed by atoms with Gasteiger partial charge in [-0.3, -0.25) is 9.59 Å². The summed E-state index contributed by atoms with van der Waals surface area (Å²) in [6.07, 6.45) is 0.355. The highest BCUT2D eigenvalue weighted by Gasteiger charge is 2.16. The predicted octanol–water partition coefficient (Wildman–Crippen LogP) is 3.30. The Balaban J connectivity index is 1.48. The SMILES string of the molecule is CCOc1ccc(-c2noc(CCC(=O)N(C)CC(=O)Nc3cccc(F)c3)n2)cc1. The monoisotopic (exact) mass is 426 g/mol. The van der Waals surface area contributed by atoms with Crippen molar-refractivity contribution in [2.75, 3.05) is 25.5 Å². The number of carbonyl (C=O) groups excluding carboxylic acids is 2. The van der Waals surface area contributed by atoms with Gasteiger partial charge in [0, 0.05) is 31.1 Å². The van der Waals surface area contributed by atoms with E-state index in [0.29, 0.717) is 24.0 Å². The van der Waals surface area contributed by atoms with E-state index in [1.54, 1.807) is 6.07 Å². The summed E-state index contributed by atoms with van der Waals surface area (Å²) in [4.78, 5) is 30.0. The van der Waals surface area contributed by atoms with Crippen LogP contribution in [0.1, 0.15) is 19.2 Å². The van der Waals surface area contributed by atoms with Gasteiger partial charge in [0.25, 0.3) is 0 Å². The minimum atomic E-state index is -0.452. The summed E-state index contributed by atoms with van der Waals surface area (Å²) in [5.41, 5.74) is 1.11. The number of nitrogens with one attached hydrogen (secondary N) is 1. The highest BCUT2D eigenvalue weighted by Crippen LogP contribution is 2.20. The van der Waals surface area contributed by atoms with Gasteiger partial charge in [0.05, 0.1) is 13.2 Å². The number of aryl methyl sites for hydroxylation is 1. The van der Waals surface area contributed by atoms with Crippen molar-refractivity contribution in [3.05, 3.63) is 60.2 Å². The number of amides is 2. The molecule has 0 saturated carbocycles. The lowest BCUT2D eigenvalue weighted by Gasteiger charge is -2.16. The van der Waals surface area contributed by atoms with E-state index in [2.05, 4.69) is 15.5 Å². The quantitative estimate of drug-likeness (QED) is 0.564. The molecule has 0 fully saturated rings. The average Bonchev–Trinajstić information content (AvgIpc) is 3.21. The number of aromatic nitrogens is 2. The molecule has 2 amide bonds. The van der Waals surface area contributed by atoms with Crippen LogP contribution in [0.15, 0.2) is 53.1 Å². The Morgan fingerprint density at radius 2 is 1.97 bits per heavy atom. The van der Waals surface area contributed by atoms with Crippen molar-refractivity contribution < 1.29 is 23.2 Å². The molecule has 1 N–H and O–H groups in total. The van der Waals surface area contributed by atoms with Crippen LogP contribution in [0.2, 0.25) is 0 Å². The highest BCUT2D eigenvalue weighted by molar-refractivity contribution is 5.94. The first-order valence-electron chi connectivity index (χ1n) is 9.80. The van der Waals surface area contributed by atoms with E-state index in [0.717, 1.165) is 11.3 Å². The molecule has 0 saturated heterocycles. The molecule has 1 aromatic heterocycles. The molecule has 0 bridgehead atoms. The maximum Gasteiger partial charge on any atom is 0.243 e. The Morgan fingerprint density at radius 1 is 1.19 bits per heavy atom. The minimum absolute atomic E-state index is 0.106. The van der Waals surface area contributed by atoms with Gasteiger partial charge in [0.2, 0.25) is 23.5 Å². The number of hydrogen-bond donors (Lipinski definition) is 1. The Morgan fingerprint density at radius 3 is 2.68 bits per heavy atom. The van der Waals surface area contributed by atoms with Crippen molar-refractivity contribution in [2.45, 2.75) is 19.8 Å². The molecular formula is C22H23FN4O4. The molecule has 0 aliphatic carbocycles. The number of likely N-dealkylation sites (N-methyl/N-ethyl adjacent to an activating group) is 1. The van der Waals surface area contributed by atoms with E-state index < -0.39 is 11.7 Å². The van der Waals surface area contributed by atoms with Crippen molar-refractivity contribution in [3.63, 3.8) is 0 Å². The van der Waals surface area contributed by atoms with Gasteiger partial charge in [-0.2, -0.15) is 4.98 Å². The molecule has 3 aromatic rings. The normalized spacial score (nSPS) is 10.5. The van der Waals surface area contributed by atoms with Gasteiger partial charge in [-0.15, -0.1) is 0 Å². The Bertz CT molecular complexity index is 1040. The first-order chi connectivity index (χ1) is 14.9. The fourth-order valence-corrected chi connectivity index (χ4v) is 2.82. The van der Waals surface area contributed by atoms with Crippen molar-refractivity contribution in [1.29, 1.82) is 0 Å². The number of carbonyl (C=O) groups is 2. The maximum atomic E-state index is 13.2. The molecule has 0 spiro atoms. The number of rotatable bonds is 9. The molecule has 31 heavy (non-hydrogen) atoms. The molecule has 0 radical (unpaired) electrons. The van der Waals surface area contributed by atoms with E-state index in [-0.39, 0.29) is 25.3 Å². The first-order valence-corrected chi connectivity index (χ1v) is 9.80. The Hall–Kier alpha value is -3.75. The van der Waals surface area contributed by atoms with Crippen LogP contribution in [0, 0.1) is 5.82 Å². The van der Waals surface area contributed by atoms with Crippen molar-refractivity contribution >= 4 is 17.5 Å². The molecule has 0 atom stereocenters. The van der Waals surface area contributed by atoms with E-state index in [9.17, 15) is 14.0 Å². The highest BCUT2D eigenvalue weighted by atomic mass is 19.1. The lowest BCUT2D eigenvalue weighted by Crippen LogP contribution is -2.35. The molecule has 2 aromatic carbocycles. The Labute approximate surface area is 179 Å². The second kappa shape index (κ2) is 10.3. The summed E-state index contributed by atoms with van der Waals surface area (Å²) in [7, 11) is 1.52. The third-order valence-electron chi connectivity index (χ3n) is 4.36. The van der Waals surface area contributed by atoms with Crippen LogP contribution in [0.3, 0.4) is 0 Å². The lowest BCUT2D eigenvalue weighted by atomic mass is 10.2. The standard InChI is InChI=1S/C22H23FN4O4/c1-3-30-18-9-7-15(8-10-18)22-25-20(31-26-22)11-12-21(29)27(2)14-19(28)24-17-6-4-5-16(23)13-17/h4-10,13H,3,11-12,14H2,1-2H3,(H,24,28). The predicted molar refractivity (Wildman–Crippen MR) is 112 cm³/mol. The fraction of sp³-hybridized carbons (Fsp3) is 0.273. The number of hydrogen-bond acceptors (Lipinski definition) is 6. The maximum absolute atomic E-state index is 13.2. The van der Waals surface area contributed by atoms with Crippen LogP contribution in [0.25, 0.3) is 11.4 Å². The summed E-state index contributed by atoms with van der Waals surface area (Å²) < 4.78 is 23.8. The molecule has 0 aliphatic rings. The molecule has 1 heterocycles. The van der Waals surface area contributed by atoms with Crippen LogP contribution in [0.4, 0.5) is 10.1 Å². The van der Waals surface area contributed by atoms with Gasteiger partial charge in [-0.05, 0) is 49.4 Å². The van der Waals surface area contributed by atoms with Gasteiger partial charge < -0.3 is 19.5 Å². The van der Waals surface area contributed by atoms with Crippen molar-refractivity contribution in [2.24, 2.45) is 0 Å². The summed E-state index contributed by atoms with van der Waals surface area (Å²) in [6.45, 7) is 2.34. The number of ether oxygens (including phenoxy) is 1. The van der Waals surface area contributed by atoms with Crippen LogP contribution in [-0.4, -0.2) is 47.1 Å². The molecule has 8 nitrogen and oxygen atoms in total. The number of halogens is 1. The van der Waals surface area contributed by atoms with Crippen LogP contribution < -0.4 is 10.1 Å². The van der Waals surface area contributed by atoms with Gasteiger partial charge in [-0.25, -0.2) is 4.39 Å². The summed E-state index contributed by atoms with van der Waals surface area (Å²) >= 11 is 0. The summed E-state index contributed by atoms with van der Waals surface area (Å²) in [5, 5.41) is 6.49. The van der Waals surface area contributed by atoms with Gasteiger partial charge in [0.15, 0.2) is 0 Å². The lowest BCUT2D eigenvalue weighted by molar-refractivity contribution is -0.133. The zero-order valence-corrected chi connectivity index (χ0v) is 17.3. The number of nitrogens with zero attached hydrogens (tertiary/aromatic N) is 3. The summed E-state index contributed by atoms with van der Waals surface area (Å²) in [5.74, 6) is 0.381. The number of anilines is 1. The second-order valence-electron chi connectivity index (χ2n) is 6.78. The van der Waals surface area contributed by atoms with E-state index >= 15 is 0 Å². The van der Waals surface area contributed by atoms with E-state index in [1.807, 2.05) is 31.2 Å². The molecule has 0 aliphatic heterocycles. The Kier molecular flexibility index (Phi) is 7.31. The zero-order valence-electron chi connectivity index (χ0n) is 17.3. The molecular weight excluding hydrogens is 403 g/mol. The third-order valence-corrected chi connectivity index (χ3v) is 4.36. The van der Waals surface area contributed by atoms with Crippen LogP contribution in [0.5, 0.6) is 5.75 Å². The van der Waals surface area contributed by atoms with Crippen LogP contribution in [-0.2, 0) is 16.0 Å². The van der Waals surface area contributed by atoms with Crippen LogP contribution >= 0.6 is 0 Å². The fourth-order valence-electron chi connectivity index (χ4n) is 2.82. The van der Waals surface area contributed by atoms with E-state index in [4.69, 9.17) is 9.26 Å². The van der Waals surface area contributed by atoms with Gasteiger partial charge in [-0.1, -0.05) is 11.2 Å². The molecule has 9 heteroatoms.